The van der Waals surface area contributed by atoms with Crippen LogP contribution in [0, 0.1) is 31.6 Å². The monoisotopic (exact) mass is 271 g/mol. The third-order valence-electron chi connectivity index (χ3n) is 5.81. The molecule has 2 bridgehead atoms. The first-order valence-electron chi connectivity index (χ1n) is 8.48. The molecule has 2 fully saturated rings. The molecule has 0 amide bonds. The highest BCUT2D eigenvalue weighted by Crippen LogP contribution is 2.50. The average Bonchev–Trinajstić information content (AvgIpc) is 3.04. The van der Waals surface area contributed by atoms with Crippen molar-refractivity contribution >= 4 is 0 Å². The van der Waals surface area contributed by atoms with Crippen LogP contribution < -0.4 is 5.32 Å². The molecule has 0 heterocycles. The van der Waals surface area contributed by atoms with Crippen LogP contribution in [0.25, 0.3) is 0 Å². The number of hydrogen-bond donors (Lipinski definition) is 1. The summed E-state index contributed by atoms with van der Waals surface area (Å²) < 4.78 is 0. The fraction of sp³-hybridized carbons (Fsp3) is 0.684. The Morgan fingerprint density at radius 2 is 2.00 bits per heavy atom. The van der Waals surface area contributed by atoms with Crippen molar-refractivity contribution in [1.29, 1.82) is 0 Å². The number of aryl methyl sites for hydroxylation is 2. The lowest BCUT2D eigenvalue weighted by atomic mass is 9.82. The maximum Gasteiger partial charge on any atom is 0.0322 e. The number of benzene rings is 1. The lowest BCUT2D eigenvalue weighted by molar-refractivity contribution is 0.280. The first kappa shape index (κ1) is 14.1. The molecule has 1 N–H and O–H groups in total. The Balaban J connectivity index is 1.73. The van der Waals surface area contributed by atoms with E-state index in [2.05, 4.69) is 44.3 Å². The lowest BCUT2D eigenvalue weighted by Crippen LogP contribution is -2.25. The zero-order chi connectivity index (χ0) is 14.1. The van der Waals surface area contributed by atoms with Crippen molar-refractivity contribution in [1.82, 2.24) is 5.32 Å². The van der Waals surface area contributed by atoms with E-state index in [0.717, 1.165) is 24.3 Å². The van der Waals surface area contributed by atoms with Crippen LogP contribution in [0.5, 0.6) is 0 Å². The molecular formula is C19H29N. The number of nitrogens with one attached hydrogen (secondary N) is 1. The Kier molecular flexibility index (Phi) is 4.16. The minimum absolute atomic E-state index is 0.559. The molecule has 2 saturated carbocycles. The molecule has 1 heteroatoms. The van der Waals surface area contributed by atoms with Gasteiger partial charge in [-0.15, -0.1) is 0 Å². The van der Waals surface area contributed by atoms with E-state index in [0.29, 0.717) is 6.04 Å². The van der Waals surface area contributed by atoms with Crippen LogP contribution in [0.2, 0.25) is 0 Å². The molecule has 1 aromatic carbocycles. The summed E-state index contributed by atoms with van der Waals surface area (Å²) >= 11 is 0. The molecule has 0 saturated heterocycles. The molecule has 0 radical (unpaired) electrons. The molecule has 2 aliphatic rings. The Hall–Kier alpha value is -0.820. The van der Waals surface area contributed by atoms with Gasteiger partial charge in [0.25, 0.3) is 0 Å². The van der Waals surface area contributed by atoms with Crippen molar-refractivity contribution in [3.8, 4) is 0 Å². The van der Waals surface area contributed by atoms with Crippen molar-refractivity contribution in [2.45, 2.75) is 58.9 Å². The van der Waals surface area contributed by atoms with Gasteiger partial charge < -0.3 is 5.32 Å². The number of fused-ring (bicyclic) bond motifs is 2. The maximum absolute atomic E-state index is 3.73. The van der Waals surface area contributed by atoms with E-state index >= 15 is 0 Å². The average molecular weight is 271 g/mol. The van der Waals surface area contributed by atoms with Crippen molar-refractivity contribution < 1.29 is 0 Å². The van der Waals surface area contributed by atoms with Gasteiger partial charge in [-0.05, 0) is 80.5 Å². The topological polar surface area (TPSA) is 12.0 Å². The molecular weight excluding hydrogens is 242 g/mol. The zero-order valence-corrected chi connectivity index (χ0v) is 13.3. The third-order valence-corrected chi connectivity index (χ3v) is 5.81. The molecule has 0 spiro atoms. The van der Waals surface area contributed by atoms with Gasteiger partial charge in [-0.1, -0.05) is 31.5 Å². The van der Waals surface area contributed by atoms with E-state index in [1.54, 1.807) is 0 Å². The van der Waals surface area contributed by atoms with Gasteiger partial charge >= 0.3 is 0 Å². The predicted octanol–water partition coefficient (Wildman–Crippen LogP) is 4.78. The highest BCUT2D eigenvalue weighted by molar-refractivity contribution is 5.31. The predicted molar refractivity (Wildman–Crippen MR) is 85.9 cm³/mol. The molecule has 3 rings (SSSR count). The van der Waals surface area contributed by atoms with E-state index in [1.165, 1.54) is 48.8 Å². The van der Waals surface area contributed by atoms with Gasteiger partial charge in [0, 0.05) is 6.04 Å². The van der Waals surface area contributed by atoms with Gasteiger partial charge in [0.2, 0.25) is 0 Å². The number of rotatable bonds is 5. The van der Waals surface area contributed by atoms with Gasteiger partial charge in [-0.2, -0.15) is 0 Å². The van der Waals surface area contributed by atoms with Crippen molar-refractivity contribution in [2.75, 3.05) is 6.54 Å². The maximum atomic E-state index is 3.73. The second-order valence-electron chi connectivity index (χ2n) is 7.12. The van der Waals surface area contributed by atoms with Gasteiger partial charge in [-0.3, -0.25) is 0 Å². The summed E-state index contributed by atoms with van der Waals surface area (Å²) in [5.74, 6) is 3.07. The zero-order valence-electron chi connectivity index (χ0n) is 13.3. The van der Waals surface area contributed by atoms with Crippen LogP contribution in [0.4, 0.5) is 0 Å². The first-order valence-corrected chi connectivity index (χ1v) is 8.48. The summed E-state index contributed by atoms with van der Waals surface area (Å²) in [4.78, 5) is 0. The van der Waals surface area contributed by atoms with E-state index in [4.69, 9.17) is 0 Å². The van der Waals surface area contributed by atoms with Crippen molar-refractivity contribution in [3.05, 3.63) is 34.9 Å². The summed E-state index contributed by atoms with van der Waals surface area (Å²) in [6, 6.07) is 7.58. The Morgan fingerprint density at radius 3 is 2.60 bits per heavy atom. The smallest absolute Gasteiger partial charge is 0.0322 e. The van der Waals surface area contributed by atoms with Crippen LogP contribution in [0.3, 0.4) is 0 Å². The fourth-order valence-corrected chi connectivity index (χ4v) is 4.53. The van der Waals surface area contributed by atoms with E-state index in [1.807, 2.05) is 0 Å². The lowest BCUT2D eigenvalue weighted by Gasteiger charge is -2.28. The normalized spacial score (nSPS) is 29.9. The third kappa shape index (κ3) is 2.79. The standard InChI is InChI=1S/C19H29N/c1-4-20-19(17-7-5-13(2)14(3)9-17)12-18-11-15-6-8-16(18)10-15/h5,7,9,15-16,18-20H,4,6,8,10-12H2,1-3H3. The highest BCUT2D eigenvalue weighted by atomic mass is 14.9. The molecule has 0 aliphatic heterocycles. The van der Waals surface area contributed by atoms with E-state index < -0.39 is 0 Å². The highest BCUT2D eigenvalue weighted by Gasteiger charge is 2.40. The summed E-state index contributed by atoms with van der Waals surface area (Å²) in [5, 5.41) is 3.73. The largest absolute Gasteiger partial charge is 0.310 e. The summed E-state index contributed by atoms with van der Waals surface area (Å²) in [5.41, 5.74) is 4.33. The second kappa shape index (κ2) is 5.89. The van der Waals surface area contributed by atoms with Crippen molar-refractivity contribution in [2.24, 2.45) is 17.8 Å². The molecule has 0 aromatic heterocycles. The molecule has 2 aliphatic carbocycles. The quantitative estimate of drug-likeness (QED) is 0.812. The van der Waals surface area contributed by atoms with Crippen LogP contribution in [-0.4, -0.2) is 6.54 Å². The Morgan fingerprint density at radius 1 is 1.15 bits per heavy atom. The molecule has 1 nitrogen and oxygen atoms in total. The minimum Gasteiger partial charge on any atom is -0.310 e. The van der Waals surface area contributed by atoms with Gasteiger partial charge in [-0.25, -0.2) is 0 Å². The summed E-state index contributed by atoms with van der Waals surface area (Å²) in [7, 11) is 0. The fourth-order valence-electron chi connectivity index (χ4n) is 4.53. The second-order valence-corrected chi connectivity index (χ2v) is 7.12. The van der Waals surface area contributed by atoms with Gasteiger partial charge in [0.05, 0.1) is 0 Å². The van der Waals surface area contributed by atoms with Crippen molar-refractivity contribution in [3.63, 3.8) is 0 Å². The minimum atomic E-state index is 0.559. The first-order chi connectivity index (χ1) is 9.67. The van der Waals surface area contributed by atoms with Crippen LogP contribution in [-0.2, 0) is 0 Å². The molecule has 20 heavy (non-hydrogen) atoms. The van der Waals surface area contributed by atoms with Crippen LogP contribution in [0.15, 0.2) is 18.2 Å². The van der Waals surface area contributed by atoms with Gasteiger partial charge in [0.1, 0.15) is 0 Å². The van der Waals surface area contributed by atoms with Crippen LogP contribution >= 0.6 is 0 Å². The Bertz CT molecular complexity index is 465. The van der Waals surface area contributed by atoms with E-state index in [-0.39, 0.29) is 0 Å². The molecule has 4 unspecified atom stereocenters. The number of hydrogen-bond acceptors (Lipinski definition) is 1. The van der Waals surface area contributed by atoms with Crippen LogP contribution in [0.1, 0.15) is 61.8 Å². The van der Waals surface area contributed by atoms with Gasteiger partial charge in [0.15, 0.2) is 0 Å². The molecule has 4 atom stereocenters. The Labute approximate surface area is 124 Å². The molecule has 1 aromatic rings. The molecule has 110 valence electrons. The SMILES string of the molecule is CCNC(CC1CC2CCC1C2)c1ccc(C)c(C)c1. The summed E-state index contributed by atoms with van der Waals surface area (Å²) in [6.07, 6.45) is 7.38. The summed E-state index contributed by atoms with van der Waals surface area (Å²) in [6.45, 7) is 7.74. The van der Waals surface area contributed by atoms with E-state index in [9.17, 15) is 0 Å².